The quantitative estimate of drug-likeness (QED) is 0.755. The van der Waals surface area contributed by atoms with Crippen molar-refractivity contribution >= 4 is 5.91 Å². The van der Waals surface area contributed by atoms with Crippen LogP contribution in [0.3, 0.4) is 0 Å². The fourth-order valence-electron chi connectivity index (χ4n) is 1.16. The number of hydrogen-bond acceptors (Lipinski definition) is 3. The van der Waals surface area contributed by atoms with Crippen LogP contribution in [-0.4, -0.2) is 13.0 Å². The molecule has 0 radical (unpaired) electrons. The van der Waals surface area contributed by atoms with E-state index in [0.717, 1.165) is 5.56 Å². The van der Waals surface area contributed by atoms with Crippen molar-refractivity contribution in [3.8, 4) is 11.8 Å². The smallest absolute Gasteiger partial charge is 0.252 e. The fraction of sp³-hybridized carbons (Fsp3) is 0.200. The van der Waals surface area contributed by atoms with Crippen LogP contribution in [0.15, 0.2) is 12.1 Å². The Morgan fingerprint density at radius 1 is 1.57 bits per heavy atom. The second-order valence-electron chi connectivity index (χ2n) is 2.84. The monoisotopic (exact) mass is 190 g/mol. The van der Waals surface area contributed by atoms with Crippen LogP contribution in [0, 0.1) is 18.3 Å². The molecule has 14 heavy (non-hydrogen) atoms. The van der Waals surface area contributed by atoms with Crippen LogP contribution in [0.5, 0.6) is 5.75 Å². The maximum Gasteiger partial charge on any atom is 0.252 e. The minimum absolute atomic E-state index is 0.231. The number of benzene rings is 1. The van der Waals surface area contributed by atoms with Crippen molar-refractivity contribution in [2.45, 2.75) is 6.92 Å². The van der Waals surface area contributed by atoms with Crippen LogP contribution in [0.4, 0.5) is 0 Å². The fourth-order valence-corrected chi connectivity index (χ4v) is 1.16. The lowest BCUT2D eigenvalue weighted by Gasteiger charge is -2.07. The third kappa shape index (κ3) is 1.67. The third-order valence-electron chi connectivity index (χ3n) is 1.93. The summed E-state index contributed by atoms with van der Waals surface area (Å²) in [5.74, 6) is -0.202. The first kappa shape index (κ1) is 10.1. The van der Waals surface area contributed by atoms with E-state index in [2.05, 4.69) is 0 Å². The molecule has 4 heteroatoms. The number of ether oxygens (including phenoxy) is 1. The lowest BCUT2D eigenvalue weighted by atomic mass is 10.0. The second-order valence-corrected chi connectivity index (χ2v) is 2.84. The van der Waals surface area contributed by atoms with Crippen molar-refractivity contribution in [3.63, 3.8) is 0 Å². The number of nitrogens with two attached hydrogens (primary N) is 1. The van der Waals surface area contributed by atoms with Crippen molar-refractivity contribution in [3.05, 3.63) is 28.8 Å². The Morgan fingerprint density at radius 3 is 2.64 bits per heavy atom. The Labute approximate surface area is 81.9 Å². The normalized spacial score (nSPS) is 9.21. The highest BCUT2D eigenvalue weighted by molar-refractivity contribution is 5.96. The van der Waals surface area contributed by atoms with Gasteiger partial charge in [-0.05, 0) is 24.6 Å². The van der Waals surface area contributed by atoms with Crippen molar-refractivity contribution in [1.82, 2.24) is 0 Å². The number of carbonyl (C=O) groups is 1. The first-order chi connectivity index (χ1) is 6.60. The lowest BCUT2D eigenvalue weighted by molar-refractivity contribution is 0.0997. The van der Waals surface area contributed by atoms with Crippen molar-refractivity contribution in [1.29, 1.82) is 5.26 Å². The van der Waals surface area contributed by atoms with Crippen LogP contribution in [-0.2, 0) is 0 Å². The first-order valence-electron chi connectivity index (χ1n) is 3.98. The molecule has 0 fully saturated rings. The number of carbonyl (C=O) groups excluding carboxylic acids is 1. The summed E-state index contributed by atoms with van der Waals surface area (Å²) in [6.45, 7) is 1.77. The van der Waals surface area contributed by atoms with E-state index in [-0.39, 0.29) is 5.56 Å². The molecular weight excluding hydrogens is 180 g/mol. The number of amides is 1. The molecule has 0 bridgehead atoms. The molecule has 0 unspecified atom stereocenters. The van der Waals surface area contributed by atoms with Gasteiger partial charge in [0.15, 0.2) is 0 Å². The molecule has 0 saturated heterocycles. The largest absolute Gasteiger partial charge is 0.496 e. The van der Waals surface area contributed by atoms with Gasteiger partial charge < -0.3 is 10.5 Å². The van der Waals surface area contributed by atoms with E-state index in [4.69, 9.17) is 15.7 Å². The Balaban J connectivity index is 3.42. The molecule has 0 heterocycles. The zero-order valence-electron chi connectivity index (χ0n) is 8.00. The topological polar surface area (TPSA) is 76.1 Å². The summed E-state index contributed by atoms with van der Waals surface area (Å²) in [6.07, 6.45) is 0. The molecule has 4 nitrogen and oxygen atoms in total. The van der Waals surface area contributed by atoms with Gasteiger partial charge in [-0.25, -0.2) is 0 Å². The molecule has 0 aliphatic carbocycles. The van der Waals surface area contributed by atoms with Gasteiger partial charge in [-0.2, -0.15) is 5.26 Å². The molecule has 0 atom stereocenters. The van der Waals surface area contributed by atoms with Gasteiger partial charge in [0.2, 0.25) is 0 Å². The van der Waals surface area contributed by atoms with Crippen LogP contribution in [0.1, 0.15) is 21.5 Å². The van der Waals surface area contributed by atoms with Gasteiger partial charge in [0, 0.05) is 0 Å². The number of rotatable bonds is 2. The zero-order valence-corrected chi connectivity index (χ0v) is 8.00. The van der Waals surface area contributed by atoms with Gasteiger partial charge in [0.25, 0.3) is 5.91 Å². The van der Waals surface area contributed by atoms with Gasteiger partial charge in [-0.15, -0.1) is 0 Å². The number of methoxy groups -OCH3 is 1. The summed E-state index contributed by atoms with van der Waals surface area (Å²) in [7, 11) is 1.45. The SMILES string of the molecule is COc1cc(C)c(C#N)cc1C(N)=O. The Morgan fingerprint density at radius 2 is 2.21 bits per heavy atom. The predicted molar refractivity (Wildman–Crippen MR) is 51.0 cm³/mol. The highest BCUT2D eigenvalue weighted by Gasteiger charge is 2.11. The number of aryl methyl sites for hydroxylation is 1. The summed E-state index contributed by atoms with van der Waals surface area (Å²) >= 11 is 0. The molecule has 2 N–H and O–H groups in total. The molecule has 0 saturated carbocycles. The van der Waals surface area contributed by atoms with E-state index in [1.54, 1.807) is 13.0 Å². The number of nitriles is 1. The molecule has 72 valence electrons. The third-order valence-corrected chi connectivity index (χ3v) is 1.93. The van der Waals surface area contributed by atoms with E-state index in [0.29, 0.717) is 11.3 Å². The summed E-state index contributed by atoms with van der Waals surface area (Å²) in [5.41, 5.74) is 6.56. The molecule has 1 amide bonds. The van der Waals surface area contributed by atoms with Crippen molar-refractivity contribution in [2.75, 3.05) is 7.11 Å². The maximum atomic E-state index is 11.0. The van der Waals surface area contributed by atoms with E-state index < -0.39 is 5.91 Å². The summed E-state index contributed by atoms with van der Waals surface area (Å²) in [6, 6.07) is 5.04. The van der Waals surface area contributed by atoms with Crippen molar-refractivity contribution in [2.24, 2.45) is 5.73 Å². The summed E-state index contributed by atoms with van der Waals surface area (Å²) in [5, 5.41) is 8.75. The molecule has 1 rings (SSSR count). The molecular formula is C10H10N2O2. The summed E-state index contributed by atoms with van der Waals surface area (Å²) < 4.78 is 4.98. The van der Waals surface area contributed by atoms with Gasteiger partial charge in [-0.3, -0.25) is 4.79 Å². The first-order valence-corrected chi connectivity index (χ1v) is 3.98. The average molecular weight is 190 g/mol. The Kier molecular flexibility index (Phi) is 2.73. The number of nitrogens with zero attached hydrogens (tertiary/aromatic N) is 1. The van der Waals surface area contributed by atoms with E-state index in [9.17, 15) is 4.79 Å². The minimum atomic E-state index is -0.599. The van der Waals surface area contributed by atoms with Crippen LogP contribution in [0.25, 0.3) is 0 Å². The van der Waals surface area contributed by atoms with Gasteiger partial charge in [0.1, 0.15) is 5.75 Å². The van der Waals surface area contributed by atoms with Crippen LogP contribution >= 0.6 is 0 Å². The van der Waals surface area contributed by atoms with Gasteiger partial charge >= 0.3 is 0 Å². The van der Waals surface area contributed by atoms with Gasteiger partial charge in [0.05, 0.1) is 24.3 Å². The zero-order chi connectivity index (χ0) is 10.7. The second kappa shape index (κ2) is 3.79. The van der Waals surface area contributed by atoms with E-state index >= 15 is 0 Å². The highest BCUT2D eigenvalue weighted by atomic mass is 16.5. The van der Waals surface area contributed by atoms with E-state index in [1.807, 2.05) is 6.07 Å². The molecule has 0 aliphatic rings. The number of hydrogen-bond donors (Lipinski definition) is 1. The van der Waals surface area contributed by atoms with E-state index in [1.165, 1.54) is 13.2 Å². The Hall–Kier alpha value is -2.02. The molecule has 1 aromatic rings. The lowest BCUT2D eigenvalue weighted by Crippen LogP contribution is -2.13. The van der Waals surface area contributed by atoms with Crippen LogP contribution in [0.2, 0.25) is 0 Å². The molecule has 0 aromatic heterocycles. The average Bonchev–Trinajstić information content (AvgIpc) is 2.16. The van der Waals surface area contributed by atoms with Gasteiger partial charge in [-0.1, -0.05) is 0 Å². The highest BCUT2D eigenvalue weighted by Crippen LogP contribution is 2.22. The standard InChI is InChI=1S/C10H10N2O2/c1-6-3-9(14-2)8(10(12)13)4-7(6)5-11/h3-4H,1-2H3,(H2,12,13). The van der Waals surface area contributed by atoms with Crippen LogP contribution < -0.4 is 10.5 Å². The number of primary amides is 1. The Bertz CT molecular complexity index is 419. The molecule has 0 aliphatic heterocycles. The minimum Gasteiger partial charge on any atom is -0.496 e. The molecule has 1 aromatic carbocycles. The predicted octanol–water partition coefficient (Wildman–Crippen LogP) is 0.974. The van der Waals surface area contributed by atoms with Crippen molar-refractivity contribution < 1.29 is 9.53 Å². The molecule has 0 spiro atoms. The maximum absolute atomic E-state index is 11.0. The summed E-state index contributed by atoms with van der Waals surface area (Å²) in [4.78, 5) is 11.0.